The average molecular weight is 256 g/mol. The van der Waals surface area contributed by atoms with E-state index in [-0.39, 0.29) is 5.25 Å². The lowest BCUT2D eigenvalue weighted by Crippen LogP contribution is -2.17. The highest BCUT2D eigenvalue weighted by atomic mass is 32.2. The molecule has 7 heteroatoms. The van der Waals surface area contributed by atoms with Crippen LogP contribution in [-0.2, 0) is 10.0 Å². The first kappa shape index (κ1) is 11.7. The van der Waals surface area contributed by atoms with Crippen molar-refractivity contribution in [3.63, 3.8) is 0 Å². The first-order valence-electron chi connectivity index (χ1n) is 5.09. The number of carbonyl (C=O) groups is 1. The standard InChI is InChI=1S/C10H12N2O4S/c13-10(14)11-7-2-1-3-8(6-7)12-17(15,16)9-4-5-9/h1-3,6,9,11-12H,4-5H2,(H,13,14). The van der Waals surface area contributed by atoms with Gasteiger partial charge in [-0.05, 0) is 31.0 Å². The van der Waals surface area contributed by atoms with Crippen molar-refractivity contribution in [1.82, 2.24) is 0 Å². The number of benzene rings is 1. The van der Waals surface area contributed by atoms with Gasteiger partial charge in [0.25, 0.3) is 0 Å². The molecule has 0 spiro atoms. The van der Waals surface area contributed by atoms with Crippen LogP contribution in [0.1, 0.15) is 12.8 Å². The molecule has 92 valence electrons. The van der Waals surface area contributed by atoms with Crippen molar-refractivity contribution in [3.8, 4) is 0 Å². The minimum atomic E-state index is -3.31. The molecule has 0 unspecified atom stereocenters. The zero-order valence-corrected chi connectivity index (χ0v) is 9.70. The van der Waals surface area contributed by atoms with Gasteiger partial charge >= 0.3 is 6.09 Å². The third-order valence-corrected chi connectivity index (χ3v) is 4.21. The van der Waals surface area contributed by atoms with Gasteiger partial charge in [0.1, 0.15) is 0 Å². The third-order valence-electron chi connectivity index (χ3n) is 2.34. The zero-order chi connectivity index (χ0) is 12.5. The SMILES string of the molecule is O=C(O)Nc1cccc(NS(=O)(=O)C2CC2)c1. The number of nitrogens with one attached hydrogen (secondary N) is 2. The molecular formula is C10H12N2O4S. The quantitative estimate of drug-likeness (QED) is 0.763. The first-order chi connectivity index (χ1) is 7.97. The second-order valence-electron chi connectivity index (χ2n) is 3.86. The van der Waals surface area contributed by atoms with E-state index in [1.54, 1.807) is 18.2 Å². The van der Waals surface area contributed by atoms with Gasteiger partial charge in [0.15, 0.2) is 0 Å². The topological polar surface area (TPSA) is 95.5 Å². The van der Waals surface area contributed by atoms with Gasteiger partial charge in [-0.3, -0.25) is 10.0 Å². The molecule has 1 fully saturated rings. The molecule has 1 amide bonds. The highest BCUT2D eigenvalue weighted by Crippen LogP contribution is 2.30. The van der Waals surface area contributed by atoms with Crippen molar-refractivity contribution < 1.29 is 18.3 Å². The van der Waals surface area contributed by atoms with Crippen LogP contribution < -0.4 is 10.0 Å². The van der Waals surface area contributed by atoms with E-state index in [1.807, 2.05) is 0 Å². The lowest BCUT2D eigenvalue weighted by molar-refractivity contribution is 0.210. The van der Waals surface area contributed by atoms with Gasteiger partial charge in [0.05, 0.1) is 10.9 Å². The summed E-state index contributed by atoms with van der Waals surface area (Å²) in [7, 11) is -3.31. The maximum absolute atomic E-state index is 11.6. The molecule has 0 radical (unpaired) electrons. The number of hydrogen-bond acceptors (Lipinski definition) is 3. The van der Waals surface area contributed by atoms with Crippen LogP contribution >= 0.6 is 0 Å². The molecule has 0 aliphatic heterocycles. The van der Waals surface area contributed by atoms with Crippen LogP contribution in [0.4, 0.5) is 16.2 Å². The Bertz CT molecular complexity index is 537. The molecule has 0 heterocycles. The van der Waals surface area contributed by atoms with Crippen molar-refractivity contribution in [2.75, 3.05) is 10.0 Å². The molecule has 0 bridgehead atoms. The Morgan fingerprint density at radius 3 is 2.53 bits per heavy atom. The largest absolute Gasteiger partial charge is 0.465 e. The van der Waals surface area contributed by atoms with Gasteiger partial charge < -0.3 is 5.11 Å². The lowest BCUT2D eigenvalue weighted by Gasteiger charge is -2.08. The maximum atomic E-state index is 11.6. The number of sulfonamides is 1. The zero-order valence-electron chi connectivity index (χ0n) is 8.88. The maximum Gasteiger partial charge on any atom is 0.409 e. The fourth-order valence-electron chi connectivity index (χ4n) is 1.41. The number of rotatable bonds is 4. The molecule has 1 aromatic rings. The van der Waals surface area contributed by atoms with Gasteiger partial charge in [-0.25, -0.2) is 13.2 Å². The fraction of sp³-hybridized carbons (Fsp3) is 0.300. The molecule has 1 aromatic carbocycles. The average Bonchev–Trinajstić information content (AvgIpc) is 2.98. The summed E-state index contributed by atoms with van der Waals surface area (Å²) in [6.07, 6.45) is 0.178. The van der Waals surface area contributed by atoms with E-state index in [1.165, 1.54) is 6.07 Å². The Morgan fingerprint density at radius 2 is 1.94 bits per heavy atom. The smallest absolute Gasteiger partial charge is 0.409 e. The van der Waals surface area contributed by atoms with Gasteiger partial charge in [-0.1, -0.05) is 6.07 Å². The van der Waals surface area contributed by atoms with Crippen LogP contribution in [0.2, 0.25) is 0 Å². The van der Waals surface area contributed by atoms with Crippen molar-refractivity contribution in [2.24, 2.45) is 0 Å². The predicted molar refractivity (Wildman–Crippen MR) is 63.7 cm³/mol. The Kier molecular flexibility index (Phi) is 2.93. The second-order valence-corrected chi connectivity index (χ2v) is 5.82. The van der Waals surface area contributed by atoms with Crippen LogP contribution in [0.25, 0.3) is 0 Å². The molecule has 3 N–H and O–H groups in total. The van der Waals surface area contributed by atoms with E-state index < -0.39 is 16.1 Å². The highest BCUT2D eigenvalue weighted by Gasteiger charge is 2.35. The molecule has 1 aliphatic carbocycles. The summed E-state index contributed by atoms with van der Waals surface area (Å²) in [5, 5.41) is 10.4. The molecule has 1 saturated carbocycles. The number of hydrogen-bond donors (Lipinski definition) is 3. The Labute approximate surface area is 98.7 Å². The van der Waals surface area contributed by atoms with Gasteiger partial charge in [-0.2, -0.15) is 0 Å². The molecule has 2 rings (SSSR count). The second kappa shape index (κ2) is 4.25. The van der Waals surface area contributed by atoms with Crippen LogP contribution in [0.3, 0.4) is 0 Å². The fourth-order valence-corrected chi connectivity index (χ4v) is 2.79. The van der Waals surface area contributed by atoms with E-state index >= 15 is 0 Å². The van der Waals surface area contributed by atoms with Crippen LogP contribution in [0, 0.1) is 0 Å². The molecular weight excluding hydrogens is 244 g/mol. The molecule has 0 atom stereocenters. The number of amides is 1. The number of carboxylic acid groups (broad SMARTS) is 1. The third kappa shape index (κ3) is 3.10. The summed E-state index contributed by atoms with van der Waals surface area (Å²) < 4.78 is 25.7. The van der Waals surface area contributed by atoms with Gasteiger partial charge in [0.2, 0.25) is 10.0 Å². The Hall–Kier alpha value is -1.76. The molecule has 6 nitrogen and oxygen atoms in total. The van der Waals surface area contributed by atoms with E-state index in [4.69, 9.17) is 5.11 Å². The summed E-state index contributed by atoms with van der Waals surface area (Å²) >= 11 is 0. The van der Waals surface area contributed by atoms with Crippen LogP contribution in [-0.4, -0.2) is 24.9 Å². The van der Waals surface area contributed by atoms with E-state index in [0.29, 0.717) is 24.2 Å². The summed E-state index contributed by atoms with van der Waals surface area (Å²) in [5.41, 5.74) is 0.691. The van der Waals surface area contributed by atoms with E-state index in [9.17, 15) is 13.2 Å². The van der Waals surface area contributed by atoms with Crippen molar-refractivity contribution in [3.05, 3.63) is 24.3 Å². The van der Waals surface area contributed by atoms with Gasteiger partial charge in [-0.15, -0.1) is 0 Å². The lowest BCUT2D eigenvalue weighted by atomic mass is 10.3. The molecule has 0 saturated heterocycles. The van der Waals surface area contributed by atoms with Crippen LogP contribution in [0.15, 0.2) is 24.3 Å². The monoisotopic (exact) mass is 256 g/mol. The Morgan fingerprint density at radius 1 is 1.29 bits per heavy atom. The summed E-state index contributed by atoms with van der Waals surface area (Å²) in [5.74, 6) is 0. The summed E-state index contributed by atoms with van der Waals surface area (Å²) in [6, 6.07) is 6.14. The van der Waals surface area contributed by atoms with Crippen LogP contribution in [0.5, 0.6) is 0 Å². The minimum Gasteiger partial charge on any atom is -0.465 e. The summed E-state index contributed by atoms with van der Waals surface area (Å²) in [6.45, 7) is 0. The Balaban J connectivity index is 2.13. The molecule has 17 heavy (non-hydrogen) atoms. The van der Waals surface area contributed by atoms with Gasteiger partial charge in [0, 0.05) is 5.69 Å². The minimum absolute atomic E-state index is 0.307. The van der Waals surface area contributed by atoms with E-state index in [0.717, 1.165) is 0 Å². The molecule has 0 aromatic heterocycles. The first-order valence-corrected chi connectivity index (χ1v) is 6.64. The van der Waals surface area contributed by atoms with E-state index in [2.05, 4.69) is 10.0 Å². The van der Waals surface area contributed by atoms with Crippen molar-refractivity contribution in [1.29, 1.82) is 0 Å². The normalized spacial score (nSPS) is 15.3. The predicted octanol–water partition coefficient (Wildman–Crippen LogP) is 1.68. The number of anilines is 2. The molecule has 1 aliphatic rings. The van der Waals surface area contributed by atoms with Crippen molar-refractivity contribution in [2.45, 2.75) is 18.1 Å². The summed E-state index contributed by atoms with van der Waals surface area (Å²) in [4.78, 5) is 10.4. The highest BCUT2D eigenvalue weighted by molar-refractivity contribution is 7.93. The van der Waals surface area contributed by atoms with Crippen molar-refractivity contribution >= 4 is 27.5 Å².